The Labute approximate surface area is 88.3 Å². The molecule has 1 heterocycles. The summed E-state index contributed by atoms with van der Waals surface area (Å²) in [5.74, 6) is 2.72. The van der Waals surface area contributed by atoms with E-state index in [1.54, 1.807) is 0 Å². The Morgan fingerprint density at radius 2 is 2.21 bits per heavy atom. The van der Waals surface area contributed by atoms with Gasteiger partial charge < -0.3 is 0 Å². The summed E-state index contributed by atoms with van der Waals surface area (Å²) in [6.45, 7) is 8.93. The predicted molar refractivity (Wildman–Crippen MR) is 65.5 cm³/mol. The van der Waals surface area contributed by atoms with Crippen LogP contribution >= 0.6 is 0 Å². The van der Waals surface area contributed by atoms with E-state index in [0.29, 0.717) is 5.92 Å². The van der Waals surface area contributed by atoms with E-state index in [4.69, 9.17) is 0 Å². The van der Waals surface area contributed by atoms with Crippen molar-refractivity contribution in [1.82, 2.24) is 0 Å². The van der Waals surface area contributed by atoms with E-state index in [0.717, 1.165) is 0 Å². The number of allylic oxidation sites excluding steroid dienone is 2. The van der Waals surface area contributed by atoms with Gasteiger partial charge in [-0.25, -0.2) is 0 Å². The molecule has 0 spiro atoms. The zero-order valence-corrected chi connectivity index (χ0v) is 9.46. The van der Waals surface area contributed by atoms with E-state index in [-0.39, 0.29) is 0 Å². The van der Waals surface area contributed by atoms with Crippen LogP contribution in [0.2, 0.25) is 0 Å². The normalized spacial score (nSPS) is 11.9. The molecule has 1 aromatic rings. The molecule has 0 aliphatic rings. The molecule has 0 amide bonds. The van der Waals surface area contributed by atoms with Crippen LogP contribution in [0.15, 0.2) is 30.2 Å². The minimum absolute atomic E-state index is 0.615. The van der Waals surface area contributed by atoms with Crippen LogP contribution < -0.4 is 0 Å². The Morgan fingerprint density at radius 1 is 1.43 bits per heavy atom. The van der Waals surface area contributed by atoms with Gasteiger partial charge >= 0.3 is 87.7 Å². The molecule has 0 aliphatic heterocycles. The Hall–Kier alpha value is -0.845. The summed E-state index contributed by atoms with van der Waals surface area (Å²) < 4.78 is 0. The van der Waals surface area contributed by atoms with Crippen molar-refractivity contribution in [2.45, 2.75) is 33.6 Å². The van der Waals surface area contributed by atoms with Crippen LogP contribution in [0.1, 0.15) is 39.1 Å². The monoisotopic (exact) mass is 186 g/mol. The third-order valence-corrected chi connectivity index (χ3v) is 2.38. The van der Waals surface area contributed by atoms with Crippen LogP contribution in [0.5, 0.6) is 0 Å². The van der Waals surface area contributed by atoms with Gasteiger partial charge in [0.05, 0.1) is 0 Å². The second kappa shape index (κ2) is 5.80. The van der Waals surface area contributed by atoms with Crippen molar-refractivity contribution in [2.75, 3.05) is 0 Å². The summed E-state index contributed by atoms with van der Waals surface area (Å²) >= 11 is 0. The van der Waals surface area contributed by atoms with Gasteiger partial charge in [0.25, 0.3) is 0 Å². The molecule has 0 radical (unpaired) electrons. The number of hydrogen-bond donors (Lipinski definition) is 0. The zero-order chi connectivity index (χ0) is 10.4. The standard InChI is InChI=1S/C13H19B/c1-4-5-8-12(11(2)3)13-9-6-7-10-14-13/h6-11H,4-5H2,1-3H3. The Morgan fingerprint density at radius 3 is 2.71 bits per heavy atom. The molecule has 0 fully saturated rings. The second-order valence-electron chi connectivity index (χ2n) is 3.97. The third kappa shape index (κ3) is 3.14. The van der Waals surface area contributed by atoms with Gasteiger partial charge in [0.15, 0.2) is 0 Å². The van der Waals surface area contributed by atoms with E-state index in [1.165, 1.54) is 23.9 Å². The second-order valence-corrected chi connectivity index (χ2v) is 3.97. The van der Waals surface area contributed by atoms with E-state index in [9.17, 15) is 0 Å². The summed E-state index contributed by atoms with van der Waals surface area (Å²) in [7, 11) is 0. The van der Waals surface area contributed by atoms with Gasteiger partial charge in [0.1, 0.15) is 0 Å². The quantitative estimate of drug-likeness (QED) is 0.669. The molecule has 0 unspecified atom stereocenters. The van der Waals surface area contributed by atoms with Crippen LogP contribution in [0, 0.1) is 5.92 Å². The maximum absolute atomic E-state index is 2.38. The van der Waals surface area contributed by atoms with Crippen molar-refractivity contribution in [1.29, 1.82) is 0 Å². The fraction of sp³-hybridized carbons (Fsp3) is 0.462. The molecule has 74 valence electrons. The Bertz CT molecular complexity index is 285. The van der Waals surface area contributed by atoms with Crippen molar-refractivity contribution < 1.29 is 0 Å². The van der Waals surface area contributed by atoms with Crippen molar-refractivity contribution in [2.24, 2.45) is 5.92 Å². The first-order valence-electron chi connectivity index (χ1n) is 5.51. The topological polar surface area (TPSA) is 0 Å². The minimum atomic E-state index is 0.615. The van der Waals surface area contributed by atoms with Gasteiger partial charge in [-0.3, -0.25) is 0 Å². The maximum atomic E-state index is 2.38. The third-order valence-electron chi connectivity index (χ3n) is 2.38. The first-order valence-corrected chi connectivity index (χ1v) is 5.51. The van der Waals surface area contributed by atoms with Crippen molar-refractivity contribution in [3.63, 3.8) is 0 Å². The summed E-state index contributed by atoms with van der Waals surface area (Å²) in [5, 5.41) is 0. The first kappa shape index (κ1) is 11.2. The molecule has 14 heavy (non-hydrogen) atoms. The average Bonchev–Trinajstić information content (AvgIpc) is 2.19. The summed E-state index contributed by atoms with van der Waals surface area (Å²) in [4.78, 5) is 0. The summed E-state index contributed by atoms with van der Waals surface area (Å²) in [5.41, 5.74) is 2.85. The summed E-state index contributed by atoms with van der Waals surface area (Å²) in [6, 6.07) is 6.38. The Kier molecular flexibility index (Phi) is 4.65. The van der Waals surface area contributed by atoms with Gasteiger partial charge in [-0.15, -0.1) is 0 Å². The molecule has 0 atom stereocenters. The molecule has 0 N–H and O–H groups in total. The molecule has 0 bridgehead atoms. The van der Waals surface area contributed by atoms with E-state index in [1.807, 2.05) is 0 Å². The predicted octanol–water partition coefficient (Wildman–Crippen LogP) is 3.86. The molecular formula is C13H19B. The molecule has 0 saturated carbocycles. The van der Waals surface area contributed by atoms with Crippen LogP contribution in [-0.2, 0) is 0 Å². The summed E-state index contributed by atoms with van der Waals surface area (Å²) in [6.07, 6.45) is 4.78. The van der Waals surface area contributed by atoms with Crippen molar-refractivity contribution in [3.8, 4) is 0 Å². The fourth-order valence-electron chi connectivity index (χ4n) is 1.62. The van der Waals surface area contributed by atoms with E-state index >= 15 is 0 Å². The molecule has 1 rings (SSSR count). The molecule has 0 aliphatic carbocycles. The molecule has 0 saturated heterocycles. The van der Waals surface area contributed by atoms with E-state index in [2.05, 4.69) is 57.9 Å². The van der Waals surface area contributed by atoms with Crippen LogP contribution in [0.25, 0.3) is 5.57 Å². The van der Waals surface area contributed by atoms with Crippen LogP contribution in [0.4, 0.5) is 0 Å². The number of hydrogen-bond acceptors (Lipinski definition) is 0. The van der Waals surface area contributed by atoms with Gasteiger partial charge in [0, 0.05) is 0 Å². The van der Waals surface area contributed by atoms with Crippen molar-refractivity contribution in [3.05, 3.63) is 35.7 Å². The molecular weight excluding hydrogens is 167 g/mol. The van der Waals surface area contributed by atoms with Gasteiger partial charge in [-0.05, 0) is 0 Å². The number of rotatable bonds is 4. The van der Waals surface area contributed by atoms with Crippen LogP contribution in [0.3, 0.4) is 0 Å². The molecule has 0 nitrogen and oxygen atoms in total. The zero-order valence-electron chi connectivity index (χ0n) is 9.46. The van der Waals surface area contributed by atoms with Crippen molar-refractivity contribution >= 4 is 12.5 Å². The molecule has 1 aromatic heterocycles. The fourth-order valence-corrected chi connectivity index (χ4v) is 1.62. The number of unbranched alkanes of at least 4 members (excludes halogenated alkanes) is 1. The van der Waals surface area contributed by atoms with Crippen LogP contribution in [-0.4, -0.2) is 6.91 Å². The molecule has 1 heteroatoms. The Balaban J connectivity index is 2.89. The van der Waals surface area contributed by atoms with Gasteiger partial charge in [-0.2, -0.15) is 0 Å². The van der Waals surface area contributed by atoms with Gasteiger partial charge in [0.2, 0.25) is 0 Å². The van der Waals surface area contributed by atoms with E-state index < -0.39 is 0 Å². The average molecular weight is 186 g/mol. The van der Waals surface area contributed by atoms with Gasteiger partial charge in [-0.1, -0.05) is 0 Å². The first-order chi connectivity index (χ1) is 6.75. The molecule has 0 aromatic carbocycles. The SMILES string of the molecule is CCCC=C(c1bcccc1)C(C)C.